The molecule has 1 nitrogen and oxygen atoms in total. The highest BCUT2D eigenvalue weighted by molar-refractivity contribution is 5.29. The van der Waals surface area contributed by atoms with E-state index in [2.05, 4.69) is 0 Å². The summed E-state index contributed by atoms with van der Waals surface area (Å²) in [7, 11) is 0. The number of nitrogens with two attached hydrogens (primary N) is 1. The lowest BCUT2D eigenvalue weighted by Gasteiger charge is -2.19. The van der Waals surface area contributed by atoms with Gasteiger partial charge in [-0.1, -0.05) is 12.1 Å². The van der Waals surface area contributed by atoms with Crippen LogP contribution in [0, 0.1) is 5.41 Å². The number of hydrogen-bond acceptors (Lipinski definition) is 1. The standard InChI is InChI=1S/C12H13F4N/c13-10(11(7-17)4-5-11)8-2-1-3-9(6-8)12(14,15)16/h1-3,6,10H,4-5,7,17H2. The molecule has 0 amide bonds. The zero-order valence-electron chi connectivity index (χ0n) is 9.10. The average molecular weight is 247 g/mol. The van der Waals surface area contributed by atoms with Gasteiger partial charge in [-0.3, -0.25) is 0 Å². The Balaban J connectivity index is 2.28. The van der Waals surface area contributed by atoms with E-state index in [1.54, 1.807) is 0 Å². The van der Waals surface area contributed by atoms with Gasteiger partial charge in [-0.25, -0.2) is 4.39 Å². The lowest BCUT2D eigenvalue weighted by atomic mass is 9.93. The van der Waals surface area contributed by atoms with Gasteiger partial charge in [0.25, 0.3) is 0 Å². The van der Waals surface area contributed by atoms with Crippen molar-refractivity contribution < 1.29 is 17.6 Å². The molecule has 1 aliphatic rings. The highest BCUT2D eigenvalue weighted by Crippen LogP contribution is 2.56. The maximum Gasteiger partial charge on any atom is 0.416 e. The first-order valence-corrected chi connectivity index (χ1v) is 5.40. The van der Waals surface area contributed by atoms with Gasteiger partial charge >= 0.3 is 6.18 Å². The van der Waals surface area contributed by atoms with Crippen LogP contribution in [0.1, 0.15) is 30.1 Å². The van der Waals surface area contributed by atoms with Crippen molar-refractivity contribution in [3.8, 4) is 0 Å². The van der Waals surface area contributed by atoms with Crippen molar-refractivity contribution in [2.45, 2.75) is 25.2 Å². The Morgan fingerprint density at radius 1 is 1.29 bits per heavy atom. The van der Waals surface area contributed by atoms with E-state index >= 15 is 0 Å². The van der Waals surface area contributed by atoms with Gasteiger partial charge in [0, 0.05) is 12.0 Å². The third-order valence-electron chi connectivity index (χ3n) is 3.34. The quantitative estimate of drug-likeness (QED) is 0.813. The minimum Gasteiger partial charge on any atom is -0.330 e. The zero-order valence-corrected chi connectivity index (χ0v) is 9.10. The molecule has 1 saturated carbocycles. The van der Waals surface area contributed by atoms with E-state index in [0.717, 1.165) is 12.1 Å². The van der Waals surface area contributed by atoms with Gasteiger partial charge in [0.1, 0.15) is 6.17 Å². The van der Waals surface area contributed by atoms with Gasteiger partial charge in [0.05, 0.1) is 5.56 Å². The largest absolute Gasteiger partial charge is 0.416 e. The van der Waals surface area contributed by atoms with E-state index in [4.69, 9.17) is 5.73 Å². The van der Waals surface area contributed by atoms with E-state index in [9.17, 15) is 17.6 Å². The molecule has 1 aromatic rings. The Hall–Kier alpha value is -1.10. The second kappa shape index (κ2) is 3.98. The van der Waals surface area contributed by atoms with E-state index in [1.165, 1.54) is 12.1 Å². The van der Waals surface area contributed by atoms with Crippen LogP contribution in [0.4, 0.5) is 17.6 Å². The molecule has 94 valence electrons. The van der Waals surface area contributed by atoms with Gasteiger partial charge in [-0.15, -0.1) is 0 Å². The predicted octanol–water partition coefficient (Wildman–Crippen LogP) is 3.45. The summed E-state index contributed by atoms with van der Waals surface area (Å²) in [4.78, 5) is 0. The lowest BCUT2D eigenvalue weighted by Crippen LogP contribution is -2.21. The summed E-state index contributed by atoms with van der Waals surface area (Å²) in [6.07, 6.45) is -4.56. The van der Waals surface area contributed by atoms with Crippen LogP contribution in [0.25, 0.3) is 0 Å². The number of rotatable bonds is 3. The van der Waals surface area contributed by atoms with E-state index in [-0.39, 0.29) is 12.1 Å². The molecule has 0 saturated heterocycles. The fraction of sp³-hybridized carbons (Fsp3) is 0.500. The van der Waals surface area contributed by atoms with Crippen LogP contribution < -0.4 is 5.73 Å². The van der Waals surface area contributed by atoms with Crippen molar-refractivity contribution >= 4 is 0 Å². The van der Waals surface area contributed by atoms with Crippen molar-refractivity contribution in [1.82, 2.24) is 0 Å². The average Bonchev–Trinajstić information content (AvgIpc) is 3.08. The van der Waals surface area contributed by atoms with Crippen molar-refractivity contribution in [1.29, 1.82) is 0 Å². The summed E-state index contributed by atoms with van der Waals surface area (Å²) in [6.45, 7) is 0.171. The normalized spacial score (nSPS) is 20.1. The molecule has 17 heavy (non-hydrogen) atoms. The van der Waals surface area contributed by atoms with Gasteiger partial charge in [-0.05, 0) is 30.5 Å². The summed E-state index contributed by atoms with van der Waals surface area (Å²) in [5.74, 6) is 0. The summed E-state index contributed by atoms with van der Waals surface area (Å²) >= 11 is 0. The molecule has 0 heterocycles. The van der Waals surface area contributed by atoms with Crippen LogP contribution in [0.15, 0.2) is 24.3 Å². The first-order valence-electron chi connectivity index (χ1n) is 5.40. The van der Waals surface area contributed by atoms with Crippen LogP contribution >= 0.6 is 0 Å². The Morgan fingerprint density at radius 2 is 1.94 bits per heavy atom. The number of halogens is 4. The van der Waals surface area contributed by atoms with Crippen molar-refractivity contribution in [3.63, 3.8) is 0 Å². The highest BCUT2D eigenvalue weighted by atomic mass is 19.4. The van der Waals surface area contributed by atoms with Gasteiger partial charge in [0.2, 0.25) is 0 Å². The van der Waals surface area contributed by atoms with Crippen LogP contribution in [-0.2, 0) is 6.18 Å². The maximum absolute atomic E-state index is 14.1. The summed E-state index contributed by atoms with van der Waals surface area (Å²) in [5.41, 5.74) is 4.09. The molecule has 0 aliphatic heterocycles. The lowest BCUT2D eigenvalue weighted by molar-refractivity contribution is -0.137. The summed E-state index contributed by atoms with van der Waals surface area (Å²) in [5, 5.41) is 0. The van der Waals surface area contributed by atoms with Crippen LogP contribution in [0.5, 0.6) is 0 Å². The van der Waals surface area contributed by atoms with Crippen LogP contribution in [0.2, 0.25) is 0 Å². The van der Waals surface area contributed by atoms with Gasteiger partial charge in [0.15, 0.2) is 0 Å². The van der Waals surface area contributed by atoms with Gasteiger partial charge in [-0.2, -0.15) is 13.2 Å². The molecule has 1 fully saturated rings. The molecule has 0 bridgehead atoms. The fourth-order valence-corrected chi connectivity index (χ4v) is 1.95. The van der Waals surface area contributed by atoms with E-state index in [0.29, 0.717) is 12.8 Å². The Kier molecular flexibility index (Phi) is 2.89. The minimum absolute atomic E-state index is 0.0720. The molecule has 2 rings (SSSR count). The maximum atomic E-state index is 14.1. The number of hydrogen-bond donors (Lipinski definition) is 1. The van der Waals surface area contributed by atoms with Gasteiger partial charge < -0.3 is 5.73 Å². The topological polar surface area (TPSA) is 26.0 Å². The van der Waals surface area contributed by atoms with Crippen molar-refractivity contribution in [2.75, 3.05) is 6.54 Å². The molecule has 1 aliphatic carbocycles. The Labute approximate surface area is 96.6 Å². The predicted molar refractivity (Wildman–Crippen MR) is 56.0 cm³/mol. The molecule has 5 heteroatoms. The van der Waals surface area contributed by atoms with Crippen molar-refractivity contribution in [3.05, 3.63) is 35.4 Å². The smallest absolute Gasteiger partial charge is 0.330 e. The monoisotopic (exact) mass is 247 g/mol. The molecule has 0 radical (unpaired) electrons. The zero-order chi connectivity index (χ0) is 12.7. The Bertz CT molecular complexity index is 409. The fourth-order valence-electron chi connectivity index (χ4n) is 1.95. The molecular weight excluding hydrogens is 234 g/mol. The van der Waals surface area contributed by atoms with E-state index < -0.39 is 23.3 Å². The molecule has 1 unspecified atom stereocenters. The van der Waals surface area contributed by atoms with Crippen molar-refractivity contribution in [2.24, 2.45) is 11.1 Å². The number of alkyl halides is 4. The molecule has 2 N–H and O–H groups in total. The van der Waals surface area contributed by atoms with E-state index in [1.807, 2.05) is 0 Å². The summed E-state index contributed by atoms with van der Waals surface area (Å²) in [6, 6.07) is 4.44. The molecule has 1 aromatic carbocycles. The second-order valence-electron chi connectivity index (χ2n) is 4.55. The number of benzene rings is 1. The second-order valence-corrected chi connectivity index (χ2v) is 4.55. The minimum atomic E-state index is -4.44. The molecule has 0 spiro atoms. The summed E-state index contributed by atoms with van der Waals surface area (Å²) < 4.78 is 51.5. The SMILES string of the molecule is NCC1(C(F)c2cccc(C(F)(F)F)c2)CC1. The highest BCUT2D eigenvalue weighted by Gasteiger charge is 2.49. The first kappa shape index (κ1) is 12.4. The molecule has 1 atom stereocenters. The third kappa shape index (κ3) is 2.29. The van der Waals surface area contributed by atoms with Crippen LogP contribution in [0.3, 0.4) is 0 Å². The molecule has 0 aromatic heterocycles. The first-order chi connectivity index (χ1) is 7.89. The van der Waals surface area contributed by atoms with Crippen LogP contribution in [-0.4, -0.2) is 6.54 Å². The third-order valence-corrected chi connectivity index (χ3v) is 3.34. The Morgan fingerprint density at radius 3 is 2.41 bits per heavy atom. The molecular formula is C12H13F4N.